The van der Waals surface area contributed by atoms with Gasteiger partial charge in [-0.3, -0.25) is 0 Å². The maximum atomic E-state index is 13.9. The number of ether oxygens (including phenoxy) is 1. The predicted octanol–water partition coefficient (Wildman–Crippen LogP) is 4.25. The second-order valence-corrected chi connectivity index (χ2v) is 4.89. The van der Waals surface area contributed by atoms with Crippen LogP contribution in [0.4, 0.5) is 37.7 Å². The lowest BCUT2D eigenvalue weighted by Gasteiger charge is -2.32. The molecule has 0 amide bonds. The van der Waals surface area contributed by atoms with Gasteiger partial charge in [0.2, 0.25) is 0 Å². The summed E-state index contributed by atoms with van der Waals surface area (Å²) < 4.78 is 87.1. The normalized spacial score (nSPS) is 12.9. The molecule has 3 nitrogen and oxygen atoms in total. The molecule has 2 aromatic rings. The summed E-state index contributed by atoms with van der Waals surface area (Å²) >= 11 is 0. The highest BCUT2D eigenvalue weighted by atomic mass is 19.3. The molecule has 0 saturated heterocycles. The van der Waals surface area contributed by atoms with Crippen molar-refractivity contribution in [1.29, 1.82) is 0 Å². The quantitative estimate of drug-likeness (QED) is 0.626. The van der Waals surface area contributed by atoms with Gasteiger partial charge in [-0.1, -0.05) is 36.4 Å². The topological polar surface area (TPSA) is 61.3 Å². The van der Waals surface area contributed by atoms with E-state index in [0.29, 0.717) is 12.1 Å². The zero-order valence-electron chi connectivity index (χ0n) is 11.9. The Bertz CT molecular complexity index is 721. The van der Waals surface area contributed by atoms with Gasteiger partial charge in [-0.2, -0.15) is 26.3 Å². The number of anilines is 2. The molecule has 0 spiro atoms. The highest BCUT2D eigenvalue weighted by Gasteiger charge is 2.74. The molecule has 24 heavy (non-hydrogen) atoms. The first-order chi connectivity index (χ1) is 11.0. The van der Waals surface area contributed by atoms with E-state index in [9.17, 15) is 26.3 Å². The van der Waals surface area contributed by atoms with Crippen molar-refractivity contribution in [2.75, 3.05) is 11.5 Å². The number of nitrogens with two attached hydrogens (primary N) is 2. The largest absolute Gasteiger partial charge is 0.471 e. The number of benzene rings is 2. The number of rotatable bonds is 5. The first kappa shape index (κ1) is 17.8. The summed E-state index contributed by atoms with van der Waals surface area (Å²) in [6, 6.07) is 7.66. The molecule has 4 N–H and O–H groups in total. The van der Waals surface area contributed by atoms with E-state index in [4.69, 9.17) is 11.5 Å². The van der Waals surface area contributed by atoms with Gasteiger partial charge in [-0.25, -0.2) is 0 Å². The number of hydrogen-bond acceptors (Lipinski definition) is 3. The van der Waals surface area contributed by atoms with Crippen LogP contribution in [0.3, 0.4) is 0 Å². The zero-order chi connectivity index (χ0) is 18.2. The lowest BCUT2D eigenvalue weighted by atomic mass is 10.0. The molecule has 0 bridgehead atoms. The van der Waals surface area contributed by atoms with E-state index in [0.717, 1.165) is 24.3 Å². The van der Waals surface area contributed by atoms with Crippen LogP contribution in [-0.4, -0.2) is 12.0 Å². The summed E-state index contributed by atoms with van der Waals surface area (Å²) in [6.07, 6.45) is -5.55. The first-order valence-corrected chi connectivity index (χ1v) is 6.52. The average molecular weight is 350 g/mol. The molecule has 9 heteroatoms. The van der Waals surface area contributed by atoms with Gasteiger partial charge >= 0.3 is 18.0 Å². The van der Waals surface area contributed by atoms with Crippen LogP contribution in [0.15, 0.2) is 48.5 Å². The Kier molecular flexibility index (Phi) is 4.30. The van der Waals surface area contributed by atoms with Gasteiger partial charge in [0, 0.05) is 5.56 Å². The molecule has 0 heterocycles. The number of hydrogen-bond donors (Lipinski definition) is 2. The molecule has 0 fully saturated rings. The fourth-order valence-electron chi connectivity index (χ4n) is 1.86. The van der Waals surface area contributed by atoms with E-state index in [2.05, 4.69) is 4.74 Å². The molecule has 0 aromatic heterocycles. The second-order valence-electron chi connectivity index (χ2n) is 4.89. The van der Waals surface area contributed by atoms with Crippen molar-refractivity contribution in [2.24, 2.45) is 0 Å². The molecule has 0 unspecified atom stereocenters. The third-order valence-electron chi connectivity index (χ3n) is 3.23. The van der Waals surface area contributed by atoms with Crippen LogP contribution >= 0.6 is 0 Å². The van der Waals surface area contributed by atoms with E-state index in [1.807, 2.05) is 0 Å². The van der Waals surface area contributed by atoms with Gasteiger partial charge in [0.1, 0.15) is 0 Å². The number of alkyl halides is 6. The average Bonchev–Trinajstić information content (AvgIpc) is 2.52. The minimum absolute atomic E-state index is 0.221. The summed E-state index contributed by atoms with van der Waals surface area (Å²) in [4.78, 5) is 0. The van der Waals surface area contributed by atoms with Gasteiger partial charge in [0.25, 0.3) is 0 Å². The lowest BCUT2D eigenvalue weighted by molar-refractivity contribution is -0.376. The van der Waals surface area contributed by atoms with Gasteiger partial charge in [-0.05, 0) is 12.1 Å². The number of halogens is 6. The van der Waals surface area contributed by atoms with E-state index >= 15 is 0 Å². The van der Waals surface area contributed by atoms with Crippen molar-refractivity contribution in [2.45, 2.75) is 18.0 Å². The summed E-state index contributed by atoms with van der Waals surface area (Å²) in [5, 5.41) is 0. The zero-order valence-corrected chi connectivity index (χ0v) is 11.9. The molecular formula is C15H12F6N2O. The van der Waals surface area contributed by atoms with Crippen LogP contribution < -0.4 is 16.2 Å². The van der Waals surface area contributed by atoms with Gasteiger partial charge in [0.15, 0.2) is 5.75 Å². The maximum absolute atomic E-state index is 13.9. The smallest absolute Gasteiger partial charge is 0.426 e. The van der Waals surface area contributed by atoms with Crippen LogP contribution in [0.5, 0.6) is 5.75 Å². The number of nitrogen functional groups attached to an aromatic ring is 2. The molecule has 0 saturated carbocycles. The predicted molar refractivity (Wildman–Crippen MR) is 76.1 cm³/mol. The summed E-state index contributed by atoms with van der Waals surface area (Å²) in [5.74, 6) is -12.0. The van der Waals surface area contributed by atoms with Crippen molar-refractivity contribution >= 4 is 11.4 Å². The van der Waals surface area contributed by atoms with Crippen molar-refractivity contribution < 1.29 is 31.1 Å². The van der Waals surface area contributed by atoms with E-state index in [1.165, 1.54) is 12.1 Å². The third-order valence-corrected chi connectivity index (χ3v) is 3.23. The molecule has 0 aliphatic heterocycles. The number of para-hydroxylation sites is 1. The lowest BCUT2D eigenvalue weighted by Crippen LogP contribution is -2.55. The summed E-state index contributed by atoms with van der Waals surface area (Å²) in [6.45, 7) is 0. The molecule has 2 aromatic carbocycles. The summed E-state index contributed by atoms with van der Waals surface area (Å²) in [5.41, 5.74) is 8.62. The van der Waals surface area contributed by atoms with E-state index < -0.39 is 35.0 Å². The maximum Gasteiger partial charge on any atom is 0.471 e. The fourth-order valence-corrected chi connectivity index (χ4v) is 1.86. The SMILES string of the molecule is Nc1cccc(OC(F)(F)C(F)(F)C(F)(F)c2ccccc2)c1N. The van der Waals surface area contributed by atoms with E-state index in [-0.39, 0.29) is 5.69 Å². The van der Waals surface area contributed by atoms with E-state index in [1.54, 1.807) is 0 Å². The van der Waals surface area contributed by atoms with Crippen molar-refractivity contribution in [3.63, 3.8) is 0 Å². The van der Waals surface area contributed by atoms with Gasteiger partial charge < -0.3 is 16.2 Å². The monoisotopic (exact) mass is 350 g/mol. The highest BCUT2D eigenvalue weighted by molar-refractivity contribution is 5.70. The Labute approximate surface area is 132 Å². The minimum Gasteiger partial charge on any atom is -0.426 e. The third kappa shape index (κ3) is 2.81. The summed E-state index contributed by atoms with van der Waals surface area (Å²) in [7, 11) is 0. The standard InChI is InChI=1S/C15H12F6N2O/c16-13(17,9-5-2-1-3-6-9)14(18,19)15(20,21)24-11-8-4-7-10(22)12(11)23/h1-8H,22-23H2. The first-order valence-electron chi connectivity index (χ1n) is 6.52. The molecule has 130 valence electrons. The van der Waals surface area contributed by atoms with Crippen molar-refractivity contribution in [3.05, 3.63) is 54.1 Å². The second kappa shape index (κ2) is 5.81. The minimum atomic E-state index is -5.85. The Morgan fingerprint density at radius 1 is 0.750 bits per heavy atom. The van der Waals surface area contributed by atoms with Crippen molar-refractivity contribution in [3.8, 4) is 5.75 Å². The molecule has 0 aliphatic rings. The molecule has 2 rings (SSSR count). The Hall–Kier alpha value is -2.58. The molecule has 0 radical (unpaired) electrons. The molecule has 0 atom stereocenters. The van der Waals surface area contributed by atoms with Crippen LogP contribution in [-0.2, 0) is 5.92 Å². The Morgan fingerprint density at radius 2 is 1.33 bits per heavy atom. The van der Waals surface area contributed by atoms with Gasteiger partial charge in [-0.15, -0.1) is 0 Å². The van der Waals surface area contributed by atoms with Crippen LogP contribution in [0, 0.1) is 0 Å². The fraction of sp³-hybridized carbons (Fsp3) is 0.200. The Balaban J connectivity index is 2.41. The molecular weight excluding hydrogens is 338 g/mol. The van der Waals surface area contributed by atoms with Crippen LogP contribution in [0.2, 0.25) is 0 Å². The van der Waals surface area contributed by atoms with Crippen LogP contribution in [0.1, 0.15) is 5.56 Å². The van der Waals surface area contributed by atoms with Crippen molar-refractivity contribution in [1.82, 2.24) is 0 Å². The highest BCUT2D eigenvalue weighted by Crippen LogP contribution is 2.52. The van der Waals surface area contributed by atoms with Gasteiger partial charge in [0.05, 0.1) is 11.4 Å². The van der Waals surface area contributed by atoms with Crippen LogP contribution in [0.25, 0.3) is 0 Å². The Morgan fingerprint density at radius 3 is 1.92 bits per heavy atom. The molecule has 0 aliphatic carbocycles.